The summed E-state index contributed by atoms with van der Waals surface area (Å²) in [6.45, 7) is 4.28. The van der Waals surface area contributed by atoms with Gasteiger partial charge in [-0.25, -0.2) is 0 Å². The molecule has 1 saturated carbocycles. The van der Waals surface area contributed by atoms with Crippen LogP contribution < -0.4 is 0 Å². The highest BCUT2D eigenvalue weighted by atomic mass is 16.5. The van der Waals surface area contributed by atoms with E-state index < -0.39 is 5.97 Å². The second-order valence-corrected chi connectivity index (χ2v) is 6.12. The Morgan fingerprint density at radius 1 is 1.28 bits per heavy atom. The van der Waals surface area contributed by atoms with Crippen LogP contribution in [0.25, 0.3) is 0 Å². The van der Waals surface area contributed by atoms with Crippen LogP contribution in [0.2, 0.25) is 0 Å². The van der Waals surface area contributed by atoms with Gasteiger partial charge in [-0.05, 0) is 31.7 Å². The molecule has 2 fully saturated rings. The summed E-state index contributed by atoms with van der Waals surface area (Å²) in [4.78, 5) is 13.4. The number of ether oxygens (including phenoxy) is 1. The van der Waals surface area contributed by atoms with E-state index in [0.717, 1.165) is 18.4 Å². The van der Waals surface area contributed by atoms with E-state index in [4.69, 9.17) is 9.84 Å². The number of hydrogen-bond acceptors (Lipinski definition) is 3. The number of carboxylic acids is 1. The largest absolute Gasteiger partial charge is 0.481 e. The molecule has 0 spiro atoms. The van der Waals surface area contributed by atoms with E-state index in [1.807, 2.05) is 7.05 Å². The molecule has 104 valence electrons. The molecule has 1 N–H and O–H groups in total. The Kier molecular flexibility index (Phi) is 4.62. The van der Waals surface area contributed by atoms with Crippen molar-refractivity contribution in [3.63, 3.8) is 0 Å². The number of carbonyl (C=O) groups is 1. The van der Waals surface area contributed by atoms with E-state index in [1.54, 1.807) is 0 Å². The van der Waals surface area contributed by atoms with Gasteiger partial charge in [0.15, 0.2) is 0 Å². The van der Waals surface area contributed by atoms with Crippen LogP contribution in [0.1, 0.15) is 32.6 Å². The molecular formula is C14H25NO3. The average molecular weight is 255 g/mol. The van der Waals surface area contributed by atoms with Crippen LogP contribution in [0.4, 0.5) is 0 Å². The molecule has 4 nitrogen and oxygen atoms in total. The quantitative estimate of drug-likeness (QED) is 0.833. The molecule has 2 unspecified atom stereocenters. The van der Waals surface area contributed by atoms with Crippen molar-refractivity contribution in [1.82, 2.24) is 4.90 Å². The standard InChI is InChI=1S/C14H25NO3/c1-10-3-5-11(6-4-10)7-15(2)13-9-18-8-12(13)14(16)17/h10-13H,3-9H2,1-2H3,(H,16,17). The van der Waals surface area contributed by atoms with Gasteiger partial charge in [-0.15, -0.1) is 0 Å². The fourth-order valence-corrected chi connectivity index (χ4v) is 3.27. The predicted molar refractivity (Wildman–Crippen MR) is 69.5 cm³/mol. The van der Waals surface area contributed by atoms with Crippen molar-refractivity contribution < 1.29 is 14.6 Å². The van der Waals surface area contributed by atoms with E-state index in [0.29, 0.717) is 13.2 Å². The molecule has 2 aliphatic rings. The minimum Gasteiger partial charge on any atom is -0.481 e. The number of hydrogen-bond donors (Lipinski definition) is 1. The first kappa shape index (κ1) is 13.8. The van der Waals surface area contributed by atoms with Crippen LogP contribution >= 0.6 is 0 Å². The maximum atomic E-state index is 11.1. The zero-order chi connectivity index (χ0) is 13.1. The lowest BCUT2D eigenvalue weighted by atomic mass is 9.82. The van der Waals surface area contributed by atoms with Gasteiger partial charge in [0.25, 0.3) is 0 Å². The Hall–Kier alpha value is -0.610. The number of rotatable bonds is 4. The lowest BCUT2D eigenvalue weighted by Crippen LogP contribution is -2.43. The molecule has 0 amide bonds. The molecule has 1 heterocycles. The second kappa shape index (κ2) is 6.02. The highest BCUT2D eigenvalue weighted by Crippen LogP contribution is 2.30. The molecule has 2 rings (SSSR count). The molecule has 1 aliphatic carbocycles. The Balaban J connectivity index is 1.83. The van der Waals surface area contributed by atoms with Gasteiger partial charge in [0.05, 0.1) is 19.1 Å². The van der Waals surface area contributed by atoms with E-state index in [2.05, 4.69) is 11.8 Å². The summed E-state index contributed by atoms with van der Waals surface area (Å²) < 4.78 is 5.34. The Morgan fingerprint density at radius 2 is 1.94 bits per heavy atom. The molecule has 2 atom stereocenters. The van der Waals surface area contributed by atoms with Crippen LogP contribution in [0.3, 0.4) is 0 Å². The summed E-state index contributed by atoms with van der Waals surface area (Å²) in [6.07, 6.45) is 5.22. The summed E-state index contributed by atoms with van der Waals surface area (Å²) in [5.41, 5.74) is 0. The van der Waals surface area contributed by atoms with Gasteiger partial charge >= 0.3 is 5.97 Å². The van der Waals surface area contributed by atoms with Crippen LogP contribution in [0.15, 0.2) is 0 Å². The summed E-state index contributed by atoms with van der Waals surface area (Å²) in [5.74, 6) is 0.536. The van der Waals surface area contributed by atoms with Gasteiger partial charge < -0.3 is 9.84 Å². The number of likely N-dealkylation sites (N-methyl/N-ethyl adjacent to an activating group) is 1. The molecule has 0 aromatic heterocycles. The zero-order valence-corrected chi connectivity index (χ0v) is 11.5. The second-order valence-electron chi connectivity index (χ2n) is 6.12. The number of carboxylic acid groups (broad SMARTS) is 1. The van der Waals surface area contributed by atoms with Gasteiger partial charge in [0.1, 0.15) is 0 Å². The number of aliphatic carboxylic acids is 1. The molecular weight excluding hydrogens is 230 g/mol. The maximum Gasteiger partial charge on any atom is 0.310 e. The van der Waals surface area contributed by atoms with E-state index in [-0.39, 0.29) is 12.0 Å². The summed E-state index contributed by atoms with van der Waals surface area (Å²) in [6, 6.07) is 0.0573. The smallest absolute Gasteiger partial charge is 0.310 e. The molecule has 0 radical (unpaired) electrons. The maximum absolute atomic E-state index is 11.1. The van der Waals surface area contributed by atoms with Crippen molar-refractivity contribution in [3.05, 3.63) is 0 Å². The van der Waals surface area contributed by atoms with E-state index >= 15 is 0 Å². The topological polar surface area (TPSA) is 49.8 Å². The third-order valence-corrected chi connectivity index (χ3v) is 4.62. The average Bonchev–Trinajstić information content (AvgIpc) is 2.81. The van der Waals surface area contributed by atoms with Gasteiger partial charge in [0.2, 0.25) is 0 Å². The van der Waals surface area contributed by atoms with Crippen molar-refractivity contribution in [1.29, 1.82) is 0 Å². The lowest BCUT2D eigenvalue weighted by Gasteiger charge is -2.33. The van der Waals surface area contributed by atoms with Gasteiger partial charge in [0, 0.05) is 12.6 Å². The van der Waals surface area contributed by atoms with Gasteiger partial charge in [-0.2, -0.15) is 0 Å². The Morgan fingerprint density at radius 3 is 2.56 bits per heavy atom. The molecule has 0 bridgehead atoms. The summed E-state index contributed by atoms with van der Waals surface area (Å²) >= 11 is 0. The fourth-order valence-electron chi connectivity index (χ4n) is 3.27. The third-order valence-electron chi connectivity index (χ3n) is 4.62. The van der Waals surface area contributed by atoms with Crippen LogP contribution in [-0.4, -0.2) is 48.8 Å². The Bertz CT molecular complexity index is 287. The summed E-state index contributed by atoms with van der Waals surface area (Å²) in [5, 5.41) is 9.17. The number of nitrogens with zero attached hydrogens (tertiary/aromatic N) is 1. The van der Waals surface area contributed by atoms with Crippen molar-refractivity contribution in [2.75, 3.05) is 26.8 Å². The van der Waals surface area contributed by atoms with Crippen molar-refractivity contribution in [2.24, 2.45) is 17.8 Å². The van der Waals surface area contributed by atoms with Crippen LogP contribution in [-0.2, 0) is 9.53 Å². The van der Waals surface area contributed by atoms with Crippen LogP contribution in [0, 0.1) is 17.8 Å². The van der Waals surface area contributed by atoms with E-state index in [1.165, 1.54) is 25.7 Å². The normalized spacial score (nSPS) is 37.1. The van der Waals surface area contributed by atoms with Crippen molar-refractivity contribution in [3.8, 4) is 0 Å². The third kappa shape index (κ3) is 3.23. The monoisotopic (exact) mass is 255 g/mol. The first-order valence-corrected chi connectivity index (χ1v) is 7.08. The molecule has 1 saturated heterocycles. The zero-order valence-electron chi connectivity index (χ0n) is 11.5. The van der Waals surface area contributed by atoms with Crippen molar-refractivity contribution in [2.45, 2.75) is 38.6 Å². The van der Waals surface area contributed by atoms with E-state index in [9.17, 15) is 4.79 Å². The minimum absolute atomic E-state index is 0.0573. The first-order chi connectivity index (χ1) is 8.58. The van der Waals surface area contributed by atoms with Gasteiger partial charge in [-0.1, -0.05) is 19.8 Å². The molecule has 18 heavy (non-hydrogen) atoms. The molecule has 0 aromatic carbocycles. The first-order valence-electron chi connectivity index (χ1n) is 7.08. The summed E-state index contributed by atoms with van der Waals surface area (Å²) in [7, 11) is 2.05. The minimum atomic E-state index is -0.721. The highest BCUT2D eigenvalue weighted by Gasteiger charge is 2.37. The molecule has 4 heteroatoms. The van der Waals surface area contributed by atoms with Crippen LogP contribution in [0.5, 0.6) is 0 Å². The SMILES string of the molecule is CC1CCC(CN(C)C2COCC2C(=O)O)CC1. The lowest BCUT2D eigenvalue weighted by molar-refractivity contribution is -0.143. The highest BCUT2D eigenvalue weighted by molar-refractivity contribution is 5.71. The van der Waals surface area contributed by atoms with Crippen molar-refractivity contribution >= 4 is 5.97 Å². The molecule has 1 aliphatic heterocycles. The fraction of sp³-hybridized carbons (Fsp3) is 0.929. The van der Waals surface area contributed by atoms with Gasteiger partial charge in [-0.3, -0.25) is 9.69 Å². The Labute approximate surface area is 109 Å². The predicted octanol–water partition coefficient (Wildman–Crippen LogP) is 1.84. The molecule has 0 aromatic rings.